The molecule has 0 bridgehead atoms. The Hall–Kier alpha value is -1.76. The van der Waals surface area contributed by atoms with Crippen LogP contribution in [0.1, 0.15) is 26.2 Å². The van der Waals surface area contributed by atoms with Gasteiger partial charge < -0.3 is 10.5 Å². The largest absolute Gasteiger partial charge is 0.444 e. The van der Waals surface area contributed by atoms with Gasteiger partial charge in [-0.15, -0.1) is 0 Å². The first kappa shape index (κ1) is 9.78. The molecule has 2 rings (SSSR count). The molecule has 0 radical (unpaired) electrons. The number of allylic oxidation sites excluding steroid dienone is 3. The van der Waals surface area contributed by atoms with Gasteiger partial charge in [-0.05, 0) is 6.42 Å². The third-order valence-corrected chi connectivity index (χ3v) is 2.89. The van der Waals surface area contributed by atoms with Crippen molar-refractivity contribution in [3.05, 3.63) is 22.8 Å². The van der Waals surface area contributed by atoms with Crippen molar-refractivity contribution in [1.82, 2.24) is 0 Å². The highest BCUT2D eigenvalue weighted by Gasteiger charge is 2.33. The Morgan fingerprint density at radius 2 is 2.27 bits per heavy atom. The van der Waals surface area contributed by atoms with Crippen LogP contribution in [0.4, 0.5) is 0 Å². The fraction of sp³-hybridized carbons (Fsp3) is 0.455. The number of nitrogens with two attached hydrogens (primary N) is 1. The minimum Gasteiger partial charge on any atom is -0.444 e. The van der Waals surface area contributed by atoms with E-state index in [0.29, 0.717) is 23.3 Å². The number of carbonyl (C=O) groups excluding carboxylic acids is 1. The van der Waals surface area contributed by atoms with E-state index >= 15 is 0 Å². The van der Waals surface area contributed by atoms with Crippen LogP contribution in [0, 0.1) is 17.2 Å². The van der Waals surface area contributed by atoms with Crippen LogP contribution >= 0.6 is 0 Å². The SMILES string of the molecule is CC1C(C#N)=C(N)OC2=C1C(=O)CCC2. The van der Waals surface area contributed by atoms with Crippen LogP contribution in [-0.2, 0) is 9.53 Å². The van der Waals surface area contributed by atoms with Gasteiger partial charge in [-0.3, -0.25) is 4.79 Å². The molecule has 0 saturated heterocycles. The van der Waals surface area contributed by atoms with Crippen molar-refractivity contribution < 1.29 is 9.53 Å². The van der Waals surface area contributed by atoms with Crippen molar-refractivity contribution in [2.45, 2.75) is 26.2 Å². The zero-order chi connectivity index (χ0) is 11.0. The maximum Gasteiger partial charge on any atom is 0.204 e. The van der Waals surface area contributed by atoms with Gasteiger partial charge in [0.05, 0.1) is 5.57 Å². The van der Waals surface area contributed by atoms with E-state index in [1.807, 2.05) is 13.0 Å². The summed E-state index contributed by atoms with van der Waals surface area (Å²) in [7, 11) is 0. The van der Waals surface area contributed by atoms with Crippen LogP contribution < -0.4 is 5.73 Å². The molecule has 78 valence electrons. The summed E-state index contributed by atoms with van der Waals surface area (Å²) in [5.41, 5.74) is 6.63. The molecule has 1 atom stereocenters. The molecule has 0 aromatic rings. The quantitative estimate of drug-likeness (QED) is 0.646. The monoisotopic (exact) mass is 204 g/mol. The summed E-state index contributed by atoms with van der Waals surface area (Å²) in [6, 6.07) is 2.00. The molecule has 0 aromatic carbocycles. The Balaban J connectivity index is 2.44. The van der Waals surface area contributed by atoms with Gasteiger partial charge in [0.25, 0.3) is 0 Å². The lowest BCUT2D eigenvalue weighted by Crippen LogP contribution is -2.26. The van der Waals surface area contributed by atoms with E-state index in [4.69, 9.17) is 15.7 Å². The van der Waals surface area contributed by atoms with E-state index in [0.717, 1.165) is 12.8 Å². The molecule has 0 fully saturated rings. The fourth-order valence-electron chi connectivity index (χ4n) is 2.12. The summed E-state index contributed by atoms with van der Waals surface area (Å²) in [5.74, 6) is 0.684. The van der Waals surface area contributed by atoms with E-state index < -0.39 is 0 Å². The first-order valence-corrected chi connectivity index (χ1v) is 4.99. The summed E-state index contributed by atoms with van der Waals surface area (Å²) in [4.78, 5) is 11.7. The number of carbonyl (C=O) groups is 1. The van der Waals surface area contributed by atoms with Crippen molar-refractivity contribution in [3.8, 4) is 6.07 Å². The summed E-state index contributed by atoms with van der Waals surface area (Å²) in [6.45, 7) is 1.83. The molecular formula is C11H12N2O2. The minimum atomic E-state index is -0.216. The van der Waals surface area contributed by atoms with Gasteiger partial charge in [0.2, 0.25) is 5.88 Å². The molecule has 0 aromatic heterocycles. The van der Waals surface area contributed by atoms with Crippen molar-refractivity contribution in [1.29, 1.82) is 5.26 Å². The molecule has 4 nitrogen and oxygen atoms in total. The van der Waals surface area contributed by atoms with Gasteiger partial charge in [-0.2, -0.15) is 5.26 Å². The second kappa shape index (κ2) is 3.43. The number of ether oxygens (including phenoxy) is 1. The van der Waals surface area contributed by atoms with Crippen LogP contribution in [0.2, 0.25) is 0 Å². The molecule has 1 unspecified atom stereocenters. The highest BCUT2D eigenvalue weighted by Crippen LogP contribution is 2.36. The zero-order valence-corrected chi connectivity index (χ0v) is 8.54. The smallest absolute Gasteiger partial charge is 0.204 e. The number of ketones is 1. The summed E-state index contributed by atoms with van der Waals surface area (Å²) < 4.78 is 5.33. The lowest BCUT2D eigenvalue weighted by molar-refractivity contribution is -0.116. The topological polar surface area (TPSA) is 76.1 Å². The molecule has 2 N–H and O–H groups in total. The Labute approximate surface area is 88.0 Å². The van der Waals surface area contributed by atoms with Gasteiger partial charge in [0.1, 0.15) is 11.8 Å². The highest BCUT2D eigenvalue weighted by atomic mass is 16.5. The maximum absolute atomic E-state index is 11.7. The number of nitrogens with zero attached hydrogens (tertiary/aromatic N) is 1. The van der Waals surface area contributed by atoms with Crippen LogP contribution in [0.3, 0.4) is 0 Å². The first-order chi connectivity index (χ1) is 7.15. The average Bonchev–Trinajstić information content (AvgIpc) is 2.17. The van der Waals surface area contributed by atoms with Gasteiger partial charge in [0.15, 0.2) is 5.78 Å². The molecule has 1 aliphatic heterocycles. The number of rotatable bonds is 0. The number of Topliss-reactive ketones (excluding diaryl/α,β-unsaturated/α-hetero) is 1. The van der Waals surface area contributed by atoms with E-state index in [-0.39, 0.29) is 17.6 Å². The summed E-state index contributed by atoms with van der Waals surface area (Å²) in [5, 5.41) is 8.91. The Morgan fingerprint density at radius 3 is 2.93 bits per heavy atom. The van der Waals surface area contributed by atoms with Crippen molar-refractivity contribution >= 4 is 5.78 Å². The van der Waals surface area contributed by atoms with Crippen molar-refractivity contribution in [3.63, 3.8) is 0 Å². The number of nitriles is 1. The molecule has 15 heavy (non-hydrogen) atoms. The lowest BCUT2D eigenvalue weighted by Gasteiger charge is -2.28. The van der Waals surface area contributed by atoms with Crippen LogP contribution in [0.5, 0.6) is 0 Å². The normalized spacial score (nSPS) is 25.9. The van der Waals surface area contributed by atoms with Gasteiger partial charge >= 0.3 is 0 Å². The summed E-state index contributed by atoms with van der Waals surface area (Å²) in [6.07, 6.45) is 2.09. The Kier molecular flexibility index (Phi) is 2.24. The highest BCUT2D eigenvalue weighted by molar-refractivity contribution is 5.98. The third-order valence-electron chi connectivity index (χ3n) is 2.89. The van der Waals surface area contributed by atoms with Crippen LogP contribution in [0.15, 0.2) is 22.8 Å². The van der Waals surface area contributed by atoms with E-state index in [9.17, 15) is 4.79 Å². The van der Waals surface area contributed by atoms with Gasteiger partial charge in [0, 0.05) is 24.3 Å². The minimum absolute atomic E-state index is 0.0870. The standard InChI is InChI=1S/C11H12N2O2/c1-6-7(5-12)11(13)15-9-4-2-3-8(14)10(6)9/h6H,2-4,13H2,1H3. The second-order valence-corrected chi connectivity index (χ2v) is 3.83. The number of hydrogen-bond donors (Lipinski definition) is 1. The third kappa shape index (κ3) is 1.40. The Morgan fingerprint density at radius 1 is 1.53 bits per heavy atom. The Bertz CT molecular complexity index is 426. The predicted molar refractivity (Wildman–Crippen MR) is 53.0 cm³/mol. The summed E-state index contributed by atoms with van der Waals surface area (Å²) >= 11 is 0. The first-order valence-electron chi connectivity index (χ1n) is 4.99. The van der Waals surface area contributed by atoms with Gasteiger partial charge in [-0.1, -0.05) is 6.92 Å². The average molecular weight is 204 g/mol. The molecule has 2 aliphatic rings. The molecule has 0 spiro atoms. The lowest BCUT2D eigenvalue weighted by atomic mass is 9.83. The van der Waals surface area contributed by atoms with E-state index in [1.54, 1.807) is 0 Å². The van der Waals surface area contributed by atoms with Crippen molar-refractivity contribution in [2.24, 2.45) is 11.7 Å². The van der Waals surface area contributed by atoms with Crippen LogP contribution in [0.25, 0.3) is 0 Å². The second-order valence-electron chi connectivity index (χ2n) is 3.83. The fourth-order valence-corrected chi connectivity index (χ4v) is 2.12. The molecule has 1 heterocycles. The number of hydrogen-bond acceptors (Lipinski definition) is 4. The maximum atomic E-state index is 11.7. The molecule has 0 amide bonds. The van der Waals surface area contributed by atoms with E-state index in [1.165, 1.54) is 0 Å². The van der Waals surface area contributed by atoms with E-state index in [2.05, 4.69) is 0 Å². The zero-order valence-electron chi connectivity index (χ0n) is 8.54. The van der Waals surface area contributed by atoms with Crippen molar-refractivity contribution in [2.75, 3.05) is 0 Å². The molecular weight excluding hydrogens is 192 g/mol. The molecule has 4 heteroatoms. The predicted octanol–water partition coefficient (Wildman–Crippen LogP) is 1.35. The van der Waals surface area contributed by atoms with Gasteiger partial charge in [-0.25, -0.2) is 0 Å². The molecule has 0 saturated carbocycles. The molecule has 1 aliphatic carbocycles. The van der Waals surface area contributed by atoms with Crippen LogP contribution in [-0.4, -0.2) is 5.78 Å².